The minimum absolute atomic E-state index is 0.0350. The number of nitrogens with zero attached hydrogens (tertiary/aromatic N) is 7. The number of imidazole rings is 1. The zero-order valence-corrected chi connectivity index (χ0v) is 22.1. The second-order valence-corrected chi connectivity index (χ2v) is 9.61. The molecule has 5 rings (SSSR count). The van der Waals surface area contributed by atoms with Crippen molar-refractivity contribution in [2.45, 2.75) is 46.1 Å². The Morgan fingerprint density at radius 2 is 1.82 bits per heavy atom. The van der Waals surface area contributed by atoms with Crippen molar-refractivity contribution in [1.82, 2.24) is 33.8 Å². The van der Waals surface area contributed by atoms with Gasteiger partial charge in [0.15, 0.2) is 5.65 Å². The first-order chi connectivity index (χ1) is 19.1. The van der Waals surface area contributed by atoms with Gasteiger partial charge in [-0.2, -0.15) is 18.3 Å². The lowest BCUT2D eigenvalue weighted by Gasteiger charge is -2.36. The SMILES string of the molecule is CCCn1c(=O)c2[nH]c(-c3cnn(CC(=O)N4CCN(c5cccc(C(F)(F)F)c5)CC4)c3)nc2n(CC)c1=O. The highest BCUT2D eigenvalue weighted by Crippen LogP contribution is 2.32. The van der Waals surface area contributed by atoms with E-state index in [1.54, 1.807) is 24.1 Å². The molecule has 1 amide bonds. The third-order valence-electron chi connectivity index (χ3n) is 7.00. The number of hydrogen-bond acceptors (Lipinski definition) is 6. The molecule has 1 fully saturated rings. The maximum atomic E-state index is 13.1. The Morgan fingerprint density at radius 1 is 1.07 bits per heavy atom. The molecule has 1 aromatic carbocycles. The quantitative estimate of drug-likeness (QED) is 0.373. The Hall–Kier alpha value is -4.36. The molecule has 212 valence electrons. The van der Waals surface area contributed by atoms with E-state index in [2.05, 4.69) is 15.1 Å². The summed E-state index contributed by atoms with van der Waals surface area (Å²) in [6.07, 6.45) is -0.626. The zero-order chi connectivity index (χ0) is 28.6. The van der Waals surface area contributed by atoms with Gasteiger partial charge in [0.2, 0.25) is 5.91 Å². The van der Waals surface area contributed by atoms with Crippen LogP contribution in [0, 0.1) is 0 Å². The van der Waals surface area contributed by atoms with Crippen LogP contribution in [0.5, 0.6) is 0 Å². The molecule has 1 N–H and O–H groups in total. The molecule has 0 bridgehead atoms. The number of rotatable bonds is 7. The summed E-state index contributed by atoms with van der Waals surface area (Å²) in [6.45, 7) is 5.85. The molecule has 0 saturated carbocycles. The fraction of sp³-hybridized carbons (Fsp3) is 0.423. The average molecular weight is 559 g/mol. The topological polar surface area (TPSA) is 114 Å². The number of aromatic nitrogens is 6. The number of nitrogens with one attached hydrogen (secondary N) is 1. The molecule has 0 atom stereocenters. The Labute approximate surface area is 226 Å². The van der Waals surface area contributed by atoms with Crippen molar-refractivity contribution < 1.29 is 18.0 Å². The summed E-state index contributed by atoms with van der Waals surface area (Å²) in [5.74, 6) is 0.182. The van der Waals surface area contributed by atoms with Crippen molar-refractivity contribution in [3.63, 3.8) is 0 Å². The van der Waals surface area contributed by atoms with E-state index in [0.29, 0.717) is 62.8 Å². The van der Waals surface area contributed by atoms with E-state index in [0.717, 1.165) is 12.1 Å². The maximum absolute atomic E-state index is 13.1. The van der Waals surface area contributed by atoms with Gasteiger partial charge in [-0.1, -0.05) is 13.0 Å². The summed E-state index contributed by atoms with van der Waals surface area (Å²) >= 11 is 0. The van der Waals surface area contributed by atoms with Crippen LogP contribution in [0.25, 0.3) is 22.6 Å². The van der Waals surface area contributed by atoms with Gasteiger partial charge in [-0.3, -0.25) is 23.4 Å². The molecule has 14 heteroatoms. The number of halogens is 3. The minimum Gasteiger partial charge on any atom is -0.368 e. The van der Waals surface area contributed by atoms with E-state index in [9.17, 15) is 27.6 Å². The van der Waals surface area contributed by atoms with Crippen molar-refractivity contribution in [3.8, 4) is 11.4 Å². The number of aromatic amines is 1. The summed E-state index contributed by atoms with van der Waals surface area (Å²) < 4.78 is 43.3. The zero-order valence-electron chi connectivity index (χ0n) is 22.1. The Morgan fingerprint density at radius 3 is 2.50 bits per heavy atom. The third kappa shape index (κ3) is 5.12. The highest BCUT2D eigenvalue weighted by atomic mass is 19.4. The number of aryl methyl sites for hydroxylation is 1. The lowest BCUT2D eigenvalue weighted by Crippen LogP contribution is -2.49. The van der Waals surface area contributed by atoms with Gasteiger partial charge in [0.25, 0.3) is 5.56 Å². The monoisotopic (exact) mass is 558 g/mol. The van der Waals surface area contributed by atoms with Gasteiger partial charge in [-0.15, -0.1) is 0 Å². The van der Waals surface area contributed by atoms with E-state index in [4.69, 9.17) is 0 Å². The van der Waals surface area contributed by atoms with E-state index < -0.39 is 23.0 Å². The smallest absolute Gasteiger partial charge is 0.368 e. The van der Waals surface area contributed by atoms with Gasteiger partial charge in [0.1, 0.15) is 17.9 Å². The van der Waals surface area contributed by atoms with Gasteiger partial charge in [-0.05, 0) is 31.5 Å². The predicted octanol–water partition coefficient (Wildman–Crippen LogP) is 2.55. The number of carbonyl (C=O) groups is 1. The lowest BCUT2D eigenvalue weighted by atomic mass is 10.1. The van der Waals surface area contributed by atoms with Gasteiger partial charge in [0, 0.05) is 51.2 Å². The lowest BCUT2D eigenvalue weighted by molar-refractivity contribution is -0.137. The summed E-state index contributed by atoms with van der Waals surface area (Å²) in [5.41, 5.74) is -0.0254. The number of anilines is 1. The van der Waals surface area contributed by atoms with Crippen LogP contribution < -0.4 is 16.1 Å². The van der Waals surface area contributed by atoms with E-state index in [-0.39, 0.29) is 23.6 Å². The molecule has 1 aliphatic heterocycles. The first-order valence-corrected chi connectivity index (χ1v) is 13.1. The summed E-state index contributed by atoms with van der Waals surface area (Å²) in [5, 5.41) is 4.26. The van der Waals surface area contributed by atoms with Crippen molar-refractivity contribution in [2.75, 3.05) is 31.1 Å². The number of alkyl halides is 3. The standard InChI is InChI=1S/C26H29F3N8O3/c1-3-8-37-24(39)21-23(36(4-2)25(37)40)32-22(31-21)17-14-30-35(15-17)16-20(38)34-11-9-33(10-12-34)19-7-5-6-18(13-19)26(27,28)29/h5-7,13-15H,3-4,8-12,16H2,1-2H3,(H,31,32). The van der Waals surface area contributed by atoms with Crippen LogP contribution in [0.2, 0.25) is 0 Å². The van der Waals surface area contributed by atoms with Crippen molar-refractivity contribution in [2.24, 2.45) is 0 Å². The highest BCUT2D eigenvalue weighted by molar-refractivity contribution is 5.77. The van der Waals surface area contributed by atoms with E-state index >= 15 is 0 Å². The first kappa shape index (κ1) is 27.2. The number of amides is 1. The fourth-order valence-electron chi connectivity index (χ4n) is 4.91. The third-order valence-corrected chi connectivity index (χ3v) is 7.00. The number of benzene rings is 1. The average Bonchev–Trinajstić information content (AvgIpc) is 3.59. The minimum atomic E-state index is -4.41. The largest absolute Gasteiger partial charge is 0.416 e. The second kappa shape index (κ2) is 10.7. The molecule has 40 heavy (non-hydrogen) atoms. The Bertz CT molecular complexity index is 1660. The van der Waals surface area contributed by atoms with Gasteiger partial charge < -0.3 is 14.8 Å². The normalized spacial score (nSPS) is 14.3. The molecular formula is C26H29F3N8O3. The number of piperazine rings is 1. The van der Waals surface area contributed by atoms with E-state index in [1.165, 1.54) is 26.1 Å². The van der Waals surface area contributed by atoms with Gasteiger partial charge in [0.05, 0.1) is 17.3 Å². The first-order valence-electron chi connectivity index (χ1n) is 13.1. The predicted molar refractivity (Wildman–Crippen MR) is 142 cm³/mol. The molecule has 3 aromatic heterocycles. The molecule has 1 aliphatic rings. The van der Waals surface area contributed by atoms with Crippen LogP contribution >= 0.6 is 0 Å². The number of H-pyrrole nitrogens is 1. The van der Waals surface area contributed by atoms with Crippen LogP contribution in [0.1, 0.15) is 25.8 Å². The summed E-state index contributed by atoms with van der Waals surface area (Å²) in [4.78, 5) is 49.6. The molecule has 0 radical (unpaired) electrons. The molecule has 0 spiro atoms. The van der Waals surface area contributed by atoms with Crippen LogP contribution in [0.4, 0.5) is 18.9 Å². The second-order valence-electron chi connectivity index (χ2n) is 9.61. The molecule has 0 unspecified atom stereocenters. The molecule has 1 saturated heterocycles. The number of carbonyl (C=O) groups excluding carboxylic acids is 1. The Balaban J connectivity index is 1.27. The molecule has 4 aromatic rings. The Kier molecular flexibility index (Phi) is 7.25. The van der Waals surface area contributed by atoms with Gasteiger partial charge in [-0.25, -0.2) is 9.78 Å². The van der Waals surface area contributed by atoms with Crippen molar-refractivity contribution in [3.05, 3.63) is 63.1 Å². The molecular weight excluding hydrogens is 529 g/mol. The number of hydrogen-bond donors (Lipinski definition) is 1. The maximum Gasteiger partial charge on any atom is 0.416 e. The van der Waals surface area contributed by atoms with Crippen LogP contribution in [-0.4, -0.2) is 65.9 Å². The number of fused-ring (bicyclic) bond motifs is 1. The highest BCUT2D eigenvalue weighted by Gasteiger charge is 2.31. The molecule has 4 heterocycles. The van der Waals surface area contributed by atoms with Crippen molar-refractivity contribution in [1.29, 1.82) is 0 Å². The van der Waals surface area contributed by atoms with Crippen molar-refractivity contribution >= 4 is 22.8 Å². The summed E-state index contributed by atoms with van der Waals surface area (Å²) in [6, 6.07) is 5.18. The van der Waals surface area contributed by atoms with Crippen LogP contribution in [-0.2, 0) is 30.6 Å². The van der Waals surface area contributed by atoms with Crippen LogP contribution in [0.15, 0.2) is 46.2 Å². The van der Waals surface area contributed by atoms with Crippen LogP contribution in [0.3, 0.4) is 0 Å². The molecule has 11 nitrogen and oxygen atoms in total. The molecule has 0 aliphatic carbocycles. The van der Waals surface area contributed by atoms with Gasteiger partial charge >= 0.3 is 11.9 Å². The van der Waals surface area contributed by atoms with E-state index in [1.807, 2.05) is 11.8 Å². The fourth-order valence-corrected chi connectivity index (χ4v) is 4.91. The summed E-state index contributed by atoms with van der Waals surface area (Å²) in [7, 11) is 0.